The molecule has 0 bridgehead atoms. The van der Waals surface area contributed by atoms with Crippen molar-refractivity contribution < 1.29 is 38.1 Å². The SMILES string of the molecule is COc1cc(C(=O)N(C)c2ccc(OCCCCCC(=O)N3CCN(C)CC3)cc2)ccc1NC(=O)c1ccccc1OCCCNC(=O)OC(C)(C)C. The normalized spacial score (nSPS) is 13.1. The van der Waals surface area contributed by atoms with E-state index < -0.39 is 17.6 Å². The lowest BCUT2D eigenvalue weighted by Crippen LogP contribution is -2.47. The highest BCUT2D eigenvalue weighted by Gasteiger charge is 2.20. The number of carbonyl (C=O) groups is 4. The first-order chi connectivity index (χ1) is 25.8. The summed E-state index contributed by atoms with van der Waals surface area (Å²) >= 11 is 0. The van der Waals surface area contributed by atoms with Gasteiger partial charge in [-0.2, -0.15) is 0 Å². The number of likely N-dealkylation sites (N-methyl/N-ethyl adjacent to an activating group) is 1. The summed E-state index contributed by atoms with van der Waals surface area (Å²) in [7, 11) is 5.24. The van der Waals surface area contributed by atoms with Crippen LogP contribution in [0.3, 0.4) is 0 Å². The minimum Gasteiger partial charge on any atom is -0.495 e. The Balaban J connectivity index is 1.23. The van der Waals surface area contributed by atoms with Crippen LogP contribution in [-0.4, -0.2) is 106 Å². The molecule has 0 aromatic heterocycles. The van der Waals surface area contributed by atoms with Gasteiger partial charge in [0, 0.05) is 57.4 Å². The van der Waals surface area contributed by atoms with Crippen LogP contribution in [0.4, 0.5) is 16.2 Å². The zero-order chi connectivity index (χ0) is 39.1. The number of benzene rings is 3. The summed E-state index contributed by atoms with van der Waals surface area (Å²) in [5.41, 5.74) is 1.19. The monoisotopic (exact) mass is 745 g/mol. The Morgan fingerprint density at radius 1 is 0.815 bits per heavy atom. The second-order valence-electron chi connectivity index (χ2n) is 14.2. The minimum absolute atomic E-state index is 0.239. The van der Waals surface area contributed by atoms with Crippen molar-refractivity contribution in [2.24, 2.45) is 0 Å². The zero-order valence-corrected chi connectivity index (χ0v) is 32.4. The smallest absolute Gasteiger partial charge is 0.407 e. The third kappa shape index (κ3) is 13.0. The lowest BCUT2D eigenvalue weighted by atomic mass is 10.1. The molecule has 0 spiro atoms. The molecule has 1 heterocycles. The average molecular weight is 746 g/mol. The van der Waals surface area contributed by atoms with Gasteiger partial charge in [0.2, 0.25) is 5.91 Å². The van der Waals surface area contributed by atoms with Crippen molar-refractivity contribution in [1.82, 2.24) is 15.1 Å². The Hall–Kier alpha value is -5.30. The van der Waals surface area contributed by atoms with E-state index in [4.69, 9.17) is 18.9 Å². The maximum Gasteiger partial charge on any atom is 0.407 e. The number of anilines is 2. The molecule has 1 fully saturated rings. The number of alkyl carbamates (subject to hydrolysis) is 1. The number of ether oxygens (including phenoxy) is 4. The third-order valence-electron chi connectivity index (χ3n) is 8.76. The van der Waals surface area contributed by atoms with Gasteiger partial charge in [0.25, 0.3) is 11.8 Å². The zero-order valence-electron chi connectivity index (χ0n) is 32.4. The molecule has 3 aromatic carbocycles. The van der Waals surface area contributed by atoms with Gasteiger partial charge in [-0.15, -0.1) is 0 Å². The Labute approximate surface area is 318 Å². The quantitative estimate of drug-likeness (QED) is 0.154. The number of para-hydroxylation sites is 1. The molecule has 0 atom stereocenters. The van der Waals surface area contributed by atoms with E-state index in [9.17, 15) is 19.2 Å². The Kier molecular flexibility index (Phi) is 15.5. The predicted molar refractivity (Wildman–Crippen MR) is 209 cm³/mol. The van der Waals surface area contributed by atoms with Crippen molar-refractivity contribution in [3.63, 3.8) is 0 Å². The number of rotatable bonds is 17. The van der Waals surface area contributed by atoms with Crippen molar-refractivity contribution >= 4 is 35.2 Å². The summed E-state index contributed by atoms with van der Waals surface area (Å²) in [6.45, 7) is 10.0. The minimum atomic E-state index is -0.581. The number of hydrogen-bond acceptors (Lipinski definition) is 9. The molecule has 3 aromatic rings. The third-order valence-corrected chi connectivity index (χ3v) is 8.76. The van der Waals surface area contributed by atoms with Crippen LogP contribution in [0.15, 0.2) is 66.7 Å². The first-order valence-electron chi connectivity index (χ1n) is 18.5. The van der Waals surface area contributed by atoms with Crippen LogP contribution in [0.1, 0.15) is 73.6 Å². The average Bonchev–Trinajstić information content (AvgIpc) is 3.15. The maximum atomic E-state index is 13.5. The molecule has 1 saturated heterocycles. The van der Waals surface area contributed by atoms with Gasteiger partial charge in [0.15, 0.2) is 0 Å². The van der Waals surface area contributed by atoms with E-state index in [0.29, 0.717) is 65.7 Å². The molecule has 1 aliphatic rings. The lowest BCUT2D eigenvalue weighted by molar-refractivity contribution is -0.132. The molecular formula is C41H55N5O8. The molecule has 4 rings (SSSR count). The second-order valence-corrected chi connectivity index (χ2v) is 14.2. The molecule has 0 aliphatic carbocycles. The largest absolute Gasteiger partial charge is 0.495 e. The van der Waals surface area contributed by atoms with Gasteiger partial charge in [0.05, 0.1) is 31.6 Å². The fourth-order valence-corrected chi connectivity index (χ4v) is 5.69. The van der Waals surface area contributed by atoms with Crippen LogP contribution in [0.25, 0.3) is 0 Å². The van der Waals surface area contributed by atoms with Crippen molar-refractivity contribution in [2.75, 3.05) is 77.4 Å². The van der Waals surface area contributed by atoms with E-state index in [1.165, 1.54) is 12.0 Å². The highest BCUT2D eigenvalue weighted by Crippen LogP contribution is 2.29. The lowest BCUT2D eigenvalue weighted by Gasteiger charge is -2.32. The number of methoxy groups -OCH3 is 1. The van der Waals surface area contributed by atoms with Gasteiger partial charge in [0.1, 0.15) is 22.8 Å². The van der Waals surface area contributed by atoms with E-state index >= 15 is 0 Å². The van der Waals surface area contributed by atoms with E-state index in [-0.39, 0.29) is 18.4 Å². The van der Waals surface area contributed by atoms with Crippen LogP contribution in [0, 0.1) is 0 Å². The Bertz CT molecular complexity index is 1700. The standard InChI is InChI=1S/C41H55N5O8/c1-41(2,3)54-40(50)42-22-12-28-53-35-14-10-9-13-33(35)38(48)43-34-21-16-30(29-36(34)51-6)39(49)45(5)31-17-19-32(20-18-31)52-27-11-7-8-15-37(47)46-25-23-44(4)24-26-46/h9-10,13-14,16-21,29H,7-8,11-12,15,22-28H2,1-6H3,(H,42,50)(H,43,48). The summed E-state index contributed by atoms with van der Waals surface area (Å²) < 4.78 is 22.6. The first kappa shape index (κ1) is 41.5. The predicted octanol–water partition coefficient (Wildman–Crippen LogP) is 6.23. The van der Waals surface area contributed by atoms with E-state index in [2.05, 4.69) is 22.6 Å². The van der Waals surface area contributed by atoms with Crippen molar-refractivity contribution in [2.45, 2.75) is 58.5 Å². The van der Waals surface area contributed by atoms with Crippen LogP contribution >= 0.6 is 0 Å². The summed E-state index contributed by atoms with van der Waals surface area (Å²) in [4.78, 5) is 56.8. The van der Waals surface area contributed by atoms with Gasteiger partial charge in [-0.25, -0.2) is 4.79 Å². The molecule has 0 radical (unpaired) electrons. The van der Waals surface area contributed by atoms with Crippen molar-refractivity contribution in [3.05, 3.63) is 77.9 Å². The number of carbonyl (C=O) groups excluding carboxylic acids is 4. The molecule has 4 amide bonds. The van der Waals surface area contributed by atoms with E-state index in [0.717, 1.165) is 45.4 Å². The van der Waals surface area contributed by atoms with Gasteiger partial charge in [-0.3, -0.25) is 14.4 Å². The Morgan fingerprint density at radius 3 is 2.22 bits per heavy atom. The van der Waals surface area contributed by atoms with Crippen LogP contribution < -0.4 is 29.7 Å². The molecular weight excluding hydrogens is 690 g/mol. The molecule has 292 valence electrons. The molecule has 1 aliphatic heterocycles. The maximum absolute atomic E-state index is 13.5. The molecule has 13 heteroatoms. The summed E-state index contributed by atoms with van der Waals surface area (Å²) in [5.74, 6) is 0.986. The fourth-order valence-electron chi connectivity index (χ4n) is 5.69. The highest BCUT2D eigenvalue weighted by atomic mass is 16.6. The first-order valence-corrected chi connectivity index (χ1v) is 18.5. The van der Waals surface area contributed by atoms with Crippen LogP contribution in [-0.2, 0) is 9.53 Å². The Morgan fingerprint density at radius 2 is 1.52 bits per heavy atom. The van der Waals surface area contributed by atoms with Gasteiger partial charge in [-0.1, -0.05) is 12.1 Å². The topological polar surface area (TPSA) is 139 Å². The van der Waals surface area contributed by atoms with Gasteiger partial charge >= 0.3 is 6.09 Å². The van der Waals surface area contributed by atoms with Crippen LogP contribution in [0.5, 0.6) is 17.2 Å². The summed E-state index contributed by atoms with van der Waals surface area (Å²) in [5, 5.41) is 5.55. The number of hydrogen-bond donors (Lipinski definition) is 2. The molecule has 13 nitrogen and oxygen atoms in total. The summed E-state index contributed by atoms with van der Waals surface area (Å²) in [6.07, 6.45) is 3.20. The van der Waals surface area contributed by atoms with E-state index in [1.807, 2.05) is 29.2 Å². The van der Waals surface area contributed by atoms with E-state index in [1.54, 1.807) is 70.3 Å². The number of unbranched alkanes of at least 4 members (excludes halogenated alkanes) is 2. The second kappa shape index (κ2) is 20.2. The van der Waals surface area contributed by atoms with Gasteiger partial charge in [-0.05, 0) is 108 Å². The van der Waals surface area contributed by atoms with Crippen LogP contribution in [0.2, 0.25) is 0 Å². The van der Waals surface area contributed by atoms with Crippen molar-refractivity contribution in [1.29, 1.82) is 0 Å². The number of piperazine rings is 1. The molecule has 2 N–H and O–H groups in total. The molecule has 54 heavy (non-hydrogen) atoms. The summed E-state index contributed by atoms with van der Waals surface area (Å²) in [6, 6.07) is 19.0. The molecule has 0 unspecified atom stereocenters. The highest BCUT2D eigenvalue weighted by molar-refractivity contribution is 6.09. The fraction of sp³-hybridized carbons (Fsp3) is 0.463. The number of nitrogens with zero attached hydrogens (tertiary/aromatic N) is 3. The number of amides is 4. The van der Waals surface area contributed by atoms with Gasteiger partial charge < -0.3 is 44.3 Å². The number of nitrogens with one attached hydrogen (secondary N) is 2. The molecule has 0 saturated carbocycles. The van der Waals surface area contributed by atoms with Crippen molar-refractivity contribution in [3.8, 4) is 17.2 Å².